The lowest BCUT2D eigenvalue weighted by molar-refractivity contribution is 0.230. The molecule has 0 radical (unpaired) electrons. The second kappa shape index (κ2) is 9.28. The Kier molecular flexibility index (Phi) is 6.54. The summed E-state index contributed by atoms with van der Waals surface area (Å²) in [6.45, 7) is 3.84. The number of carbonyl (C=O) groups is 1. The molecule has 2 aromatic carbocycles. The van der Waals surface area contributed by atoms with E-state index in [1.165, 1.54) is 11.1 Å². The van der Waals surface area contributed by atoms with Crippen LogP contribution in [-0.2, 0) is 19.5 Å². The van der Waals surface area contributed by atoms with E-state index in [2.05, 4.69) is 39.8 Å². The average Bonchev–Trinajstić information content (AvgIpc) is 2.72. The van der Waals surface area contributed by atoms with Crippen molar-refractivity contribution in [3.63, 3.8) is 0 Å². The predicted molar refractivity (Wildman–Crippen MR) is 105 cm³/mol. The molecule has 0 unspecified atom stereocenters. The highest BCUT2D eigenvalue weighted by atomic mass is 16.5. The van der Waals surface area contributed by atoms with Crippen molar-refractivity contribution < 1.29 is 14.3 Å². The maximum atomic E-state index is 12.1. The first-order valence-electron chi connectivity index (χ1n) is 9.21. The predicted octanol–water partition coefficient (Wildman–Crippen LogP) is 2.56. The molecule has 2 amide bonds. The Bertz CT molecular complexity index is 779. The van der Waals surface area contributed by atoms with Crippen molar-refractivity contribution >= 4 is 6.03 Å². The lowest BCUT2D eigenvalue weighted by atomic mass is 10.00. The topological polar surface area (TPSA) is 62.8 Å². The van der Waals surface area contributed by atoms with Gasteiger partial charge < -0.3 is 20.1 Å². The first-order valence-corrected chi connectivity index (χ1v) is 9.21. The molecule has 144 valence electrons. The van der Waals surface area contributed by atoms with E-state index in [0.717, 1.165) is 37.4 Å². The zero-order valence-corrected chi connectivity index (χ0v) is 16.0. The SMILES string of the molecule is COc1ccc(CNC(=O)NCCN2CCc3ccccc3C2)c(OC)c1. The van der Waals surface area contributed by atoms with Gasteiger partial charge in [-0.15, -0.1) is 0 Å². The van der Waals surface area contributed by atoms with Crippen molar-refractivity contribution in [2.45, 2.75) is 19.5 Å². The number of nitrogens with one attached hydrogen (secondary N) is 2. The third-order valence-corrected chi connectivity index (χ3v) is 4.86. The molecule has 0 spiro atoms. The molecule has 0 fully saturated rings. The fourth-order valence-electron chi connectivity index (χ4n) is 3.31. The van der Waals surface area contributed by atoms with Gasteiger partial charge in [-0.1, -0.05) is 24.3 Å². The largest absolute Gasteiger partial charge is 0.497 e. The minimum Gasteiger partial charge on any atom is -0.497 e. The van der Waals surface area contributed by atoms with Crippen LogP contribution < -0.4 is 20.1 Å². The summed E-state index contributed by atoms with van der Waals surface area (Å²) in [5.41, 5.74) is 3.73. The molecule has 3 rings (SSSR count). The van der Waals surface area contributed by atoms with Crippen LogP contribution in [0, 0.1) is 0 Å². The van der Waals surface area contributed by atoms with Crippen molar-refractivity contribution in [1.82, 2.24) is 15.5 Å². The molecule has 27 heavy (non-hydrogen) atoms. The van der Waals surface area contributed by atoms with Gasteiger partial charge in [-0.2, -0.15) is 0 Å². The van der Waals surface area contributed by atoms with Crippen molar-refractivity contribution in [2.24, 2.45) is 0 Å². The van der Waals surface area contributed by atoms with Crippen LogP contribution in [0.5, 0.6) is 11.5 Å². The van der Waals surface area contributed by atoms with E-state index in [1.807, 2.05) is 18.2 Å². The van der Waals surface area contributed by atoms with Gasteiger partial charge in [0.2, 0.25) is 0 Å². The number of hydrogen-bond donors (Lipinski definition) is 2. The number of rotatable bonds is 7. The fraction of sp³-hybridized carbons (Fsp3) is 0.381. The Morgan fingerprint density at radius 2 is 1.89 bits per heavy atom. The van der Waals surface area contributed by atoms with E-state index in [1.54, 1.807) is 14.2 Å². The van der Waals surface area contributed by atoms with Gasteiger partial charge in [0.15, 0.2) is 0 Å². The van der Waals surface area contributed by atoms with Gasteiger partial charge in [-0.25, -0.2) is 4.79 Å². The molecule has 1 aliphatic rings. The molecule has 0 atom stereocenters. The van der Waals surface area contributed by atoms with Gasteiger partial charge in [0.1, 0.15) is 11.5 Å². The zero-order valence-electron chi connectivity index (χ0n) is 16.0. The lowest BCUT2D eigenvalue weighted by Crippen LogP contribution is -2.41. The second-order valence-corrected chi connectivity index (χ2v) is 6.58. The highest BCUT2D eigenvalue weighted by molar-refractivity contribution is 5.73. The van der Waals surface area contributed by atoms with E-state index in [4.69, 9.17) is 9.47 Å². The van der Waals surface area contributed by atoms with E-state index < -0.39 is 0 Å². The third-order valence-electron chi connectivity index (χ3n) is 4.86. The maximum absolute atomic E-state index is 12.1. The van der Waals surface area contributed by atoms with E-state index >= 15 is 0 Å². The van der Waals surface area contributed by atoms with Crippen LogP contribution in [0.3, 0.4) is 0 Å². The van der Waals surface area contributed by atoms with Gasteiger partial charge in [-0.05, 0) is 29.7 Å². The summed E-state index contributed by atoms with van der Waals surface area (Å²) < 4.78 is 10.5. The Labute approximate surface area is 160 Å². The van der Waals surface area contributed by atoms with Crippen LogP contribution in [0.2, 0.25) is 0 Å². The molecule has 6 heteroatoms. The van der Waals surface area contributed by atoms with Gasteiger partial charge >= 0.3 is 6.03 Å². The van der Waals surface area contributed by atoms with Crippen LogP contribution in [0.1, 0.15) is 16.7 Å². The first-order chi connectivity index (χ1) is 13.2. The van der Waals surface area contributed by atoms with Crippen molar-refractivity contribution in [3.8, 4) is 11.5 Å². The average molecular weight is 369 g/mol. The maximum Gasteiger partial charge on any atom is 0.315 e. The molecular weight excluding hydrogens is 342 g/mol. The van der Waals surface area contributed by atoms with E-state index in [-0.39, 0.29) is 6.03 Å². The number of fused-ring (bicyclic) bond motifs is 1. The molecular formula is C21H27N3O3. The van der Waals surface area contributed by atoms with Crippen LogP contribution in [0.25, 0.3) is 0 Å². The molecule has 0 bridgehead atoms. The van der Waals surface area contributed by atoms with Crippen LogP contribution >= 0.6 is 0 Å². The Morgan fingerprint density at radius 3 is 2.67 bits per heavy atom. The molecule has 6 nitrogen and oxygen atoms in total. The molecule has 0 saturated heterocycles. The fourth-order valence-corrected chi connectivity index (χ4v) is 3.31. The number of carbonyl (C=O) groups excluding carboxylic acids is 1. The summed E-state index contributed by atoms with van der Waals surface area (Å²) in [6.07, 6.45) is 1.07. The highest BCUT2D eigenvalue weighted by Crippen LogP contribution is 2.24. The van der Waals surface area contributed by atoms with E-state index in [9.17, 15) is 4.79 Å². The Morgan fingerprint density at radius 1 is 1.07 bits per heavy atom. The van der Waals surface area contributed by atoms with Crippen LogP contribution in [-0.4, -0.2) is 44.8 Å². The summed E-state index contributed by atoms with van der Waals surface area (Å²) in [5, 5.41) is 5.80. The summed E-state index contributed by atoms with van der Waals surface area (Å²) >= 11 is 0. The Balaban J connectivity index is 1.40. The summed E-state index contributed by atoms with van der Waals surface area (Å²) in [6, 6.07) is 13.9. The zero-order chi connectivity index (χ0) is 19.1. The minimum atomic E-state index is -0.176. The van der Waals surface area contributed by atoms with E-state index in [0.29, 0.717) is 18.8 Å². The normalized spacial score (nSPS) is 13.6. The summed E-state index contributed by atoms with van der Waals surface area (Å²) in [5.74, 6) is 1.42. The van der Waals surface area contributed by atoms with Crippen LogP contribution in [0.4, 0.5) is 4.79 Å². The van der Waals surface area contributed by atoms with Gasteiger partial charge in [0.25, 0.3) is 0 Å². The smallest absolute Gasteiger partial charge is 0.315 e. The number of hydrogen-bond acceptors (Lipinski definition) is 4. The number of amides is 2. The summed E-state index contributed by atoms with van der Waals surface area (Å²) in [4.78, 5) is 14.4. The van der Waals surface area contributed by atoms with Crippen molar-refractivity contribution in [1.29, 1.82) is 0 Å². The Hall–Kier alpha value is -2.73. The number of ether oxygens (including phenoxy) is 2. The second-order valence-electron chi connectivity index (χ2n) is 6.58. The number of methoxy groups -OCH3 is 2. The molecule has 2 aromatic rings. The molecule has 1 heterocycles. The molecule has 0 saturated carbocycles. The molecule has 0 aliphatic carbocycles. The molecule has 1 aliphatic heterocycles. The van der Waals surface area contributed by atoms with Crippen LogP contribution in [0.15, 0.2) is 42.5 Å². The third kappa shape index (κ3) is 5.14. The number of urea groups is 1. The lowest BCUT2D eigenvalue weighted by Gasteiger charge is -2.28. The van der Waals surface area contributed by atoms with Gasteiger partial charge in [0, 0.05) is 44.4 Å². The van der Waals surface area contributed by atoms with Gasteiger partial charge in [-0.3, -0.25) is 4.90 Å². The summed E-state index contributed by atoms with van der Waals surface area (Å²) in [7, 11) is 3.22. The number of nitrogens with zero attached hydrogens (tertiary/aromatic N) is 1. The quantitative estimate of drug-likeness (QED) is 0.787. The number of benzene rings is 2. The first kappa shape index (κ1) is 19.0. The molecule has 0 aromatic heterocycles. The van der Waals surface area contributed by atoms with Crippen molar-refractivity contribution in [2.75, 3.05) is 33.9 Å². The van der Waals surface area contributed by atoms with Gasteiger partial charge in [0.05, 0.1) is 14.2 Å². The monoisotopic (exact) mass is 369 g/mol. The highest BCUT2D eigenvalue weighted by Gasteiger charge is 2.15. The van der Waals surface area contributed by atoms with Crippen molar-refractivity contribution in [3.05, 3.63) is 59.2 Å². The minimum absolute atomic E-state index is 0.176. The molecule has 2 N–H and O–H groups in total. The standard InChI is InChI=1S/C21H27N3O3/c1-26-19-8-7-17(20(13-19)27-2)14-23-21(25)22-10-12-24-11-9-16-5-3-4-6-18(16)15-24/h3-8,13H,9-12,14-15H2,1-2H3,(H2,22,23,25).